The quantitative estimate of drug-likeness (QED) is 0.784. The van der Waals surface area contributed by atoms with Gasteiger partial charge in [0.1, 0.15) is 5.76 Å². The molecule has 0 aliphatic carbocycles. The van der Waals surface area contributed by atoms with Gasteiger partial charge in [0.25, 0.3) is 0 Å². The van der Waals surface area contributed by atoms with Crippen molar-refractivity contribution >= 4 is 15.6 Å². The lowest BCUT2D eigenvalue weighted by molar-refractivity contribution is 0.0977. The molecule has 78 valence electrons. The fourth-order valence-electron chi connectivity index (χ4n) is 0.847. The van der Waals surface area contributed by atoms with Gasteiger partial charge in [0.05, 0.1) is 6.54 Å². The smallest absolute Gasteiger partial charge is 0.320 e. The minimum Gasteiger partial charge on any atom is -0.454 e. The average molecular weight is 216 g/mol. The molecular weight excluding hydrogens is 204 g/mol. The molecule has 0 atom stereocenters. The molecular formula is C8H12N2O3S. The van der Waals surface area contributed by atoms with Crippen LogP contribution in [-0.2, 0) is 16.3 Å². The molecule has 1 heterocycles. The minimum atomic E-state index is -2.43. The third-order valence-corrected chi connectivity index (χ3v) is 1.98. The fourth-order valence-corrected chi connectivity index (χ4v) is 1.34. The van der Waals surface area contributed by atoms with Crippen molar-refractivity contribution < 1.29 is 13.4 Å². The van der Waals surface area contributed by atoms with E-state index in [1.165, 1.54) is 18.6 Å². The van der Waals surface area contributed by atoms with E-state index in [2.05, 4.69) is 4.36 Å². The number of rotatable bonds is 2. The van der Waals surface area contributed by atoms with E-state index in [4.69, 9.17) is 10.2 Å². The van der Waals surface area contributed by atoms with Crippen molar-refractivity contribution in [3.63, 3.8) is 0 Å². The topological polar surface area (TPSA) is 85.7 Å². The summed E-state index contributed by atoms with van der Waals surface area (Å²) in [4.78, 5) is 11.3. The van der Waals surface area contributed by atoms with Crippen LogP contribution in [0.25, 0.3) is 0 Å². The van der Waals surface area contributed by atoms with Gasteiger partial charge in [-0.05, 0) is 12.1 Å². The predicted octanol–water partition coefficient (Wildman–Crippen LogP) is 0.606. The summed E-state index contributed by atoms with van der Waals surface area (Å²) < 4.78 is 19.7. The van der Waals surface area contributed by atoms with Gasteiger partial charge < -0.3 is 10.2 Å². The van der Waals surface area contributed by atoms with Crippen LogP contribution in [0.3, 0.4) is 0 Å². The van der Waals surface area contributed by atoms with Gasteiger partial charge >= 0.3 is 5.91 Å². The van der Waals surface area contributed by atoms with Gasteiger partial charge in [-0.2, -0.15) is 4.36 Å². The summed E-state index contributed by atoms with van der Waals surface area (Å²) in [6, 6.07) is 3.06. The number of furan rings is 1. The molecule has 5 nitrogen and oxygen atoms in total. The van der Waals surface area contributed by atoms with Crippen molar-refractivity contribution in [2.24, 2.45) is 10.1 Å². The lowest BCUT2D eigenvalue weighted by atomic mass is 10.4. The molecule has 1 aromatic heterocycles. The maximum atomic E-state index is 11.3. The standard InChI is InChI=1S/C8H12N2O3S/c1-14(2,12)10-8(11)7-4-3-6(5-9)13-7/h3-4H,5,9H2,1-2H3. The second-order valence-electron chi connectivity index (χ2n) is 3.05. The number of nitrogens with zero attached hydrogens (tertiary/aromatic N) is 1. The first-order valence-electron chi connectivity index (χ1n) is 3.92. The highest BCUT2D eigenvalue weighted by Crippen LogP contribution is 2.09. The Kier molecular flexibility index (Phi) is 3.07. The summed E-state index contributed by atoms with van der Waals surface area (Å²) in [6.07, 6.45) is 2.77. The largest absolute Gasteiger partial charge is 0.454 e. The van der Waals surface area contributed by atoms with Crippen LogP contribution in [-0.4, -0.2) is 22.6 Å². The molecule has 0 bridgehead atoms. The first-order valence-corrected chi connectivity index (χ1v) is 6.26. The van der Waals surface area contributed by atoms with Crippen molar-refractivity contribution in [3.8, 4) is 0 Å². The van der Waals surface area contributed by atoms with E-state index < -0.39 is 15.6 Å². The molecule has 0 saturated carbocycles. The maximum Gasteiger partial charge on any atom is 0.320 e. The molecule has 0 aromatic carbocycles. The van der Waals surface area contributed by atoms with Crippen molar-refractivity contribution in [2.45, 2.75) is 6.54 Å². The van der Waals surface area contributed by atoms with Gasteiger partial charge in [-0.15, -0.1) is 0 Å². The van der Waals surface area contributed by atoms with E-state index in [0.717, 1.165) is 0 Å². The lowest BCUT2D eigenvalue weighted by Crippen LogP contribution is -2.00. The number of nitrogens with two attached hydrogens (primary N) is 1. The molecule has 0 aliphatic rings. The highest BCUT2D eigenvalue weighted by atomic mass is 32.2. The SMILES string of the molecule is CS(C)(=O)=NC(=O)c1ccc(CN)o1. The van der Waals surface area contributed by atoms with Crippen molar-refractivity contribution in [2.75, 3.05) is 12.5 Å². The Morgan fingerprint density at radius 2 is 2.21 bits per heavy atom. The molecule has 0 fully saturated rings. The van der Waals surface area contributed by atoms with E-state index in [1.54, 1.807) is 6.07 Å². The number of hydrogen-bond acceptors (Lipinski definition) is 4. The summed E-state index contributed by atoms with van der Waals surface area (Å²) in [6.45, 7) is 0.223. The zero-order chi connectivity index (χ0) is 10.8. The summed E-state index contributed by atoms with van der Waals surface area (Å²) in [5, 5.41) is 0. The van der Waals surface area contributed by atoms with Crippen LogP contribution < -0.4 is 5.73 Å². The van der Waals surface area contributed by atoms with Crippen LogP contribution in [0.15, 0.2) is 20.9 Å². The number of carbonyl (C=O) groups excluding carboxylic acids is 1. The Bertz CT molecular complexity index is 447. The summed E-state index contributed by atoms with van der Waals surface area (Å²) >= 11 is 0. The van der Waals surface area contributed by atoms with Crippen LogP contribution in [0.2, 0.25) is 0 Å². The first-order chi connectivity index (χ1) is 6.42. The number of amides is 1. The number of carbonyl (C=O) groups is 1. The molecule has 1 aromatic rings. The lowest BCUT2D eigenvalue weighted by Gasteiger charge is -1.92. The number of hydrogen-bond donors (Lipinski definition) is 1. The van der Waals surface area contributed by atoms with Crippen molar-refractivity contribution in [1.82, 2.24) is 0 Å². The average Bonchev–Trinajstić information content (AvgIpc) is 2.48. The van der Waals surface area contributed by atoms with Gasteiger partial charge in [0, 0.05) is 22.2 Å². The van der Waals surface area contributed by atoms with Gasteiger partial charge in [-0.3, -0.25) is 4.79 Å². The van der Waals surface area contributed by atoms with Gasteiger partial charge in [0.2, 0.25) is 0 Å². The zero-order valence-corrected chi connectivity index (χ0v) is 8.84. The molecule has 0 aliphatic heterocycles. The van der Waals surface area contributed by atoms with Crippen LogP contribution in [0, 0.1) is 0 Å². The molecule has 1 amide bonds. The molecule has 2 N–H and O–H groups in total. The predicted molar refractivity (Wildman–Crippen MR) is 53.3 cm³/mol. The Balaban J connectivity index is 2.97. The summed E-state index contributed by atoms with van der Waals surface area (Å²) in [5.74, 6) is -0.0381. The molecule has 14 heavy (non-hydrogen) atoms. The third-order valence-electron chi connectivity index (χ3n) is 1.38. The van der Waals surface area contributed by atoms with E-state index in [1.807, 2.05) is 0 Å². The van der Waals surface area contributed by atoms with E-state index >= 15 is 0 Å². The molecule has 0 radical (unpaired) electrons. The molecule has 0 saturated heterocycles. The zero-order valence-electron chi connectivity index (χ0n) is 8.02. The Labute approximate surface area is 82.5 Å². The normalized spacial score (nSPS) is 11.4. The van der Waals surface area contributed by atoms with Gasteiger partial charge in [-0.1, -0.05) is 0 Å². The second-order valence-corrected chi connectivity index (χ2v) is 5.59. The van der Waals surface area contributed by atoms with Gasteiger partial charge in [-0.25, -0.2) is 4.21 Å². The summed E-state index contributed by atoms with van der Waals surface area (Å²) in [7, 11) is -2.43. The molecule has 1 rings (SSSR count). The minimum absolute atomic E-state index is 0.0712. The van der Waals surface area contributed by atoms with E-state index in [-0.39, 0.29) is 12.3 Å². The van der Waals surface area contributed by atoms with Crippen LogP contribution >= 0.6 is 0 Å². The van der Waals surface area contributed by atoms with Gasteiger partial charge in [0.15, 0.2) is 5.76 Å². The highest BCUT2D eigenvalue weighted by molar-refractivity contribution is 7.92. The maximum absolute atomic E-state index is 11.3. The van der Waals surface area contributed by atoms with E-state index in [0.29, 0.717) is 5.76 Å². The molecule has 0 unspecified atom stereocenters. The van der Waals surface area contributed by atoms with Crippen molar-refractivity contribution in [3.05, 3.63) is 23.7 Å². The Morgan fingerprint density at radius 1 is 1.57 bits per heavy atom. The Morgan fingerprint density at radius 3 is 2.64 bits per heavy atom. The second kappa shape index (κ2) is 3.93. The summed E-state index contributed by atoms with van der Waals surface area (Å²) in [5.41, 5.74) is 5.30. The van der Waals surface area contributed by atoms with Crippen molar-refractivity contribution in [1.29, 1.82) is 0 Å². The highest BCUT2D eigenvalue weighted by Gasteiger charge is 2.10. The third kappa shape index (κ3) is 2.97. The molecule has 0 spiro atoms. The fraction of sp³-hybridized carbons (Fsp3) is 0.375. The van der Waals surface area contributed by atoms with Crippen LogP contribution in [0.4, 0.5) is 0 Å². The molecule has 6 heteroatoms. The monoisotopic (exact) mass is 216 g/mol. The van der Waals surface area contributed by atoms with Crippen LogP contribution in [0.1, 0.15) is 16.3 Å². The van der Waals surface area contributed by atoms with E-state index in [9.17, 15) is 9.00 Å². The Hall–Kier alpha value is -1.14. The first kappa shape index (κ1) is 10.9. The van der Waals surface area contributed by atoms with Crippen LogP contribution in [0.5, 0.6) is 0 Å².